The summed E-state index contributed by atoms with van der Waals surface area (Å²) in [6.45, 7) is 7.48. The Labute approximate surface area is 221 Å². The first-order chi connectivity index (χ1) is 18.7. The third-order valence-corrected chi connectivity index (χ3v) is 6.60. The van der Waals surface area contributed by atoms with Gasteiger partial charge in [0.15, 0.2) is 11.5 Å². The lowest BCUT2D eigenvalue weighted by Gasteiger charge is -2.11. The minimum Gasteiger partial charge on any atom is -0.238 e. The molecule has 1 heterocycles. The van der Waals surface area contributed by atoms with E-state index in [4.69, 9.17) is 16.5 Å². The predicted molar refractivity (Wildman–Crippen MR) is 152 cm³/mol. The summed E-state index contributed by atoms with van der Waals surface area (Å²) in [5.74, 6) is 0.640. The fraction of sp³-hybridized carbons (Fsp3) is 0. The van der Waals surface area contributed by atoms with Crippen LogP contribution in [0.1, 0.15) is 5.56 Å². The van der Waals surface area contributed by atoms with Crippen molar-refractivity contribution in [3.8, 4) is 51.0 Å². The number of hydrogen-bond acceptors (Lipinski definition) is 3. The van der Waals surface area contributed by atoms with E-state index in [0.29, 0.717) is 17.1 Å². The van der Waals surface area contributed by atoms with Crippen molar-refractivity contribution in [3.63, 3.8) is 0 Å². The van der Waals surface area contributed by atoms with Gasteiger partial charge in [0.2, 0.25) is 0 Å². The molecule has 0 amide bonds. The Hall–Kier alpha value is -5.58. The second-order valence-corrected chi connectivity index (χ2v) is 8.85. The minimum atomic E-state index is 0.635. The average molecular weight is 485 g/mol. The zero-order chi connectivity index (χ0) is 25.9. The van der Waals surface area contributed by atoms with Crippen molar-refractivity contribution < 1.29 is 0 Å². The lowest BCUT2D eigenvalue weighted by atomic mass is 9.98. The molecule has 0 atom stereocenters. The molecule has 0 aliphatic heterocycles. The summed E-state index contributed by atoms with van der Waals surface area (Å²) in [6, 6.07) is 41.7. The molecule has 4 heteroatoms. The second kappa shape index (κ2) is 9.82. The third-order valence-electron chi connectivity index (χ3n) is 6.60. The summed E-state index contributed by atoms with van der Waals surface area (Å²) in [7, 11) is 0. The monoisotopic (exact) mass is 484 g/mol. The van der Waals surface area contributed by atoms with Crippen LogP contribution >= 0.6 is 0 Å². The van der Waals surface area contributed by atoms with Gasteiger partial charge in [0.25, 0.3) is 0 Å². The number of fused-ring (bicyclic) bond motifs is 1. The highest BCUT2D eigenvalue weighted by molar-refractivity contribution is 5.94. The van der Waals surface area contributed by atoms with Gasteiger partial charge in [-0.05, 0) is 34.4 Å². The van der Waals surface area contributed by atoms with Crippen molar-refractivity contribution in [2.45, 2.75) is 0 Å². The number of para-hydroxylation sites is 2. The van der Waals surface area contributed by atoms with Gasteiger partial charge in [0.05, 0.1) is 29.4 Å². The molecule has 176 valence electrons. The molecule has 0 radical (unpaired) electrons. The fourth-order valence-corrected chi connectivity index (χ4v) is 4.68. The molecule has 6 aromatic rings. The molecule has 0 saturated heterocycles. The number of benzene rings is 5. The van der Waals surface area contributed by atoms with Gasteiger partial charge in [0.1, 0.15) is 0 Å². The highest BCUT2D eigenvalue weighted by Gasteiger charge is 2.13. The first-order valence-electron chi connectivity index (χ1n) is 12.2. The standard InChI is InChI=1S/C34H20N4/c1-36-31-12-6-4-10-29(31)24-14-18-25(19-15-24)33-30-11-5-7-13-32(30)37-34(38-33)26-20-16-23(17-21-26)28-9-3-2-8-27(28)22-35/h2-21H. The Morgan fingerprint density at radius 3 is 1.89 bits per heavy atom. The Morgan fingerprint density at radius 2 is 1.16 bits per heavy atom. The van der Waals surface area contributed by atoms with Crippen molar-refractivity contribution in [3.05, 3.63) is 138 Å². The van der Waals surface area contributed by atoms with E-state index in [1.54, 1.807) is 0 Å². The van der Waals surface area contributed by atoms with Gasteiger partial charge in [0, 0.05) is 16.5 Å². The van der Waals surface area contributed by atoms with Gasteiger partial charge in [-0.2, -0.15) is 5.26 Å². The maximum Gasteiger partial charge on any atom is 0.194 e. The smallest absolute Gasteiger partial charge is 0.194 e. The molecule has 6 rings (SSSR count). The molecule has 38 heavy (non-hydrogen) atoms. The Balaban J connectivity index is 1.42. The predicted octanol–water partition coefficient (Wildman–Crippen LogP) is 8.72. The van der Waals surface area contributed by atoms with E-state index in [9.17, 15) is 5.26 Å². The highest BCUT2D eigenvalue weighted by atomic mass is 14.9. The van der Waals surface area contributed by atoms with Gasteiger partial charge < -0.3 is 0 Å². The molecular formula is C34H20N4. The van der Waals surface area contributed by atoms with E-state index in [1.165, 1.54) is 0 Å². The topological polar surface area (TPSA) is 53.9 Å². The molecule has 0 N–H and O–H groups in total. The van der Waals surface area contributed by atoms with E-state index in [0.717, 1.165) is 50.0 Å². The third kappa shape index (κ3) is 4.17. The number of hydrogen-bond donors (Lipinski definition) is 0. The maximum atomic E-state index is 9.48. The Bertz CT molecular complexity index is 1870. The van der Waals surface area contributed by atoms with Crippen LogP contribution in [-0.2, 0) is 0 Å². The fourth-order valence-electron chi connectivity index (χ4n) is 4.68. The van der Waals surface area contributed by atoms with Crippen LogP contribution in [0.4, 0.5) is 5.69 Å². The van der Waals surface area contributed by atoms with Crippen molar-refractivity contribution in [2.75, 3.05) is 0 Å². The largest absolute Gasteiger partial charge is 0.238 e. The molecule has 0 bridgehead atoms. The van der Waals surface area contributed by atoms with Crippen LogP contribution in [-0.4, -0.2) is 9.97 Å². The molecule has 0 aliphatic carbocycles. The number of aromatic nitrogens is 2. The number of rotatable bonds is 4. The van der Waals surface area contributed by atoms with Crippen LogP contribution < -0.4 is 0 Å². The zero-order valence-corrected chi connectivity index (χ0v) is 20.3. The molecule has 0 saturated carbocycles. The lowest BCUT2D eigenvalue weighted by Crippen LogP contribution is -1.95. The lowest BCUT2D eigenvalue weighted by molar-refractivity contribution is 1.23. The van der Waals surface area contributed by atoms with E-state index in [-0.39, 0.29) is 0 Å². The highest BCUT2D eigenvalue weighted by Crippen LogP contribution is 2.34. The van der Waals surface area contributed by atoms with Gasteiger partial charge in [-0.25, -0.2) is 14.8 Å². The molecule has 0 spiro atoms. The van der Waals surface area contributed by atoms with Crippen LogP contribution in [0.5, 0.6) is 0 Å². The summed E-state index contributed by atoms with van der Waals surface area (Å²) in [6.07, 6.45) is 0. The molecular weight excluding hydrogens is 464 g/mol. The summed E-state index contributed by atoms with van der Waals surface area (Å²) >= 11 is 0. The molecule has 0 aliphatic rings. The van der Waals surface area contributed by atoms with E-state index in [2.05, 4.69) is 23.0 Å². The molecule has 0 unspecified atom stereocenters. The van der Waals surface area contributed by atoms with Crippen LogP contribution in [0, 0.1) is 17.9 Å². The molecule has 0 fully saturated rings. The summed E-state index contributed by atoms with van der Waals surface area (Å²) in [5.41, 5.74) is 8.67. The maximum absolute atomic E-state index is 9.48. The van der Waals surface area contributed by atoms with Gasteiger partial charge >= 0.3 is 0 Å². The van der Waals surface area contributed by atoms with E-state index in [1.807, 2.05) is 109 Å². The second-order valence-electron chi connectivity index (χ2n) is 8.85. The van der Waals surface area contributed by atoms with E-state index >= 15 is 0 Å². The first kappa shape index (κ1) is 22.9. The van der Waals surface area contributed by atoms with Crippen LogP contribution in [0.2, 0.25) is 0 Å². The van der Waals surface area contributed by atoms with Crippen molar-refractivity contribution in [2.24, 2.45) is 0 Å². The minimum absolute atomic E-state index is 0.635. The van der Waals surface area contributed by atoms with Crippen LogP contribution in [0.25, 0.3) is 60.6 Å². The average Bonchev–Trinajstić information content (AvgIpc) is 3.00. The Kier molecular flexibility index (Phi) is 5.91. The van der Waals surface area contributed by atoms with Crippen molar-refractivity contribution in [1.29, 1.82) is 5.26 Å². The van der Waals surface area contributed by atoms with Crippen LogP contribution in [0.15, 0.2) is 121 Å². The normalized spacial score (nSPS) is 10.6. The molecule has 4 nitrogen and oxygen atoms in total. The Morgan fingerprint density at radius 1 is 0.579 bits per heavy atom. The SMILES string of the molecule is [C-]#[N+]c1ccccc1-c1ccc(-c2nc(-c3ccc(-c4ccccc4C#N)cc3)nc3ccccc23)cc1. The number of nitrogens with zero attached hydrogens (tertiary/aromatic N) is 4. The number of nitriles is 1. The molecule has 1 aromatic heterocycles. The molecule has 5 aromatic carbocycles. The first-order valence-corrected chi connectivity index (χ1v) is 12.2. The van der Waals surface area contributed by atoms with Crippen molar-refractivity contribution in [1.82, 2.24) is 9.97 Å². The van der Waals surface area contributed by atoms with Crippen LogP contribution in [0.3, 0.4) is 0 Å². The van der Waals surface area contributed by atoms with E-state index < -0.39 is 0 Å². The quantitative estimate of drug-likeness (QED) is 0.235. The van der Waals surface area contributed by atoms with Gasteiger partial charge in [-0.3, -0.25) is 0 Å². The zero-order valence-electron chi connectivity index (χ0n) is 20.3. The summed E-state index contributed by atoms with van der Waals surface area (Å²) in [5, 5.41) is 10.5. The summed E-state index contributed by atoms with van der Waals surface area (Å²) < 4.78 is 0. The van der Waals surface area contributed by atoms with Crippen molar-refractivity contribution >= 4 is 16.6 Å². The summed E-state index contributed by atoms with van der Waals surface area (Å²) in [4.78, 5) is 13.5. The van der Waals surface area contributed by atoms with Gasteiger partial charge in [-0.1, -0.05) is 109 Å². The van der Waals surface area contributed by atoms with Gasteiger partial charge in [-0.15, -0.1) is 0 Å².